The molecule has 1 amide bonds. The van der Waals surface area contributed by atoms with Crippen molar-refractivity contribution in [3.63, 3.8) is 0 Å². The van der Waals surface area contributed by atoms with Crippen LogP contribution in [0.2, 0.25) is 0 Å². The molecule has 0 atom stereocenters. The van der Waals surface area contributed by atoms with Crippen LogP contribution in [0.5, 0.6) is 0 Å². The first-order valence-electron chi connectivity index (χ1n) is 6.18. The Kier molecular flexibility index (Phi) is 6.35. The van der Waals surface area contributed by atoms with Gasteiger partial charge in [0.15, 0.2) is 0 Å². The molecule has 0 fully saturated rings. The highest BCUT2D eigenvalue weighted by Crippen LogP contribution is 2.19. The number of rotatable bonds is 7. The molecule has 1 rings (SSSR count). The molecule has 104 valence electrons. The van der Waals surface area contributed by atoms with E-state index in [0.717, 1.165) is 4.90 Å². The molecular formula is C13H18N2O3S. The van der Waals surface area contributed by atoms with Crippen molar-refractivity contribution < 1.29 is 14.7 Å². The third-order valence-corrected chi connectivity index (χ3v) is 3.58. The Morgan fingerprint density at radius 3 is 2.63 bits per heavy atom. The van der Waals surface area contributed by atoms with Gasteiger partial charge in [0.1, 0.15) is 5.69 Å². The lowest BCUT2D eigenvalue weighted by Crippen LogP contribution is -2.31. The summed E-state index contributed by atoms with van der Waals surface area (Å²) in [5.41, 5.74) is 0.407. The van der Waals surface area contributed by atoms with Crippen LogP contribution in [0.15, 0.2) is 23.2 Å². The van der Waals surface area contributed by atoms with Gasteiger partial charge in [-0.25, -0.2) is 0 Å². The van der Waals surface area contributed by atoms with E-state index < -0.39 is 5.97 Å². The van der Waals surface area contributed by atoms with Crippen molar-refractivity contribution in [3.8, 4) is 0 Å². The number of carbonyl (C=O) groups excluding carboxylic acids is 1. The van der Waals surface area contributed by atoms with Gasteiger partial charge in [0.25, 0.3) is 5.91 Å². The van der Waals surface area contributed by atoms with E-state index in [4.69, 9.17) is 5.11 Å². The molecular weight excluding hydrogens is 264 g/mol. The summed E-state index contributed by atoms with van der Waals surface area (Å²) < 4.78 is 0. The number of hydrogen-bond donors (Lipinski definition) is 1. The Bertz CT molecular complexity index is 447. The molecule has 1 heterocycles. The SMILES string of the molecule is CCN(CC)C(=O)c1cc(SCCC(=O)O)ccn1. The number of carbonyl (C=O) groups is 2. The van der Waals surface area contributed by atoms with Crippen molar-refractivity contribution in [2.45, 2.75) is 25.2 Å². The van der Waals surface area contributed by atoms with Crippen LogP contribution in [-0.4, -0.2) is 45.7 Å². The second-order valence-corrected chi connectivity index (χ2v) is 5.01. The topological polar surface area (TPSA) is 70.5 Å². The Hall–Kier alpha value is -1.56. The van der Waals surface area contributed by atoms with E-state index in [9.17, 15) is 9.59 Å². The smallest absolute Gasteiger partial charge is 0.304 e. The average Bonchev–Trinajstić information content (AvgIpc) is 2.40. The third-order valence-electron chi connectivity index (χ3n) is 2.59. The summed E-state index contributed by atoms with van der Waals surface area (Å²) >= 11 is 1.42. The number of aromatic nitrogens is 1. The lowest BCUT2D eigenvalue weighted by Gasteiger charge is -2.18. The standard InChI is InChI=1S/C13H18N2O3S/c1-3-15(4-2)13(18)11-9-10(5-7-14-11)19-8-6-12(16)17/h5,7,9H,3-4,6,8H2,1-2H3,(H,16,17). The number of nitrogens with zero attached hydrogens (tertiary/aromatic N) is 2. The fourth-order valence-corrected chi connectivity index (χ4v) is 2.41. The van der Waals surface area contributed by atoms with E-state index in [2.05, 4.69) is 4.98 Å². The molecule has 0 saturated carbocycles. The molecule has 0 aliphatic rings. The Morgan fingerprint density at radius 2 is 2.05 bits per heavy atom. The van der Waals surface area contributed by atoms with Crippen LogP contribution >= 0.6 is 11.8 Å². The molecule has 0 aliphatic heterocycles. The second-order valence-electron chi connectivity index (χ2n) is 3.85. The van der Waals surface area contributed by atoms with E-state index >= 15 is 0 Å². The van der Waals surface area contributed by atoms with Crippen molar-refractivity contribution in [2.24, 2.45) is 0 Å². The number of amides is 1. The molecule has 0 radical (unpaired) electrons. The maximum atomic E-state index is 12.1. The molecule has 19 heavy (non-hydrogen) atoms. The largest absolute Gasteiger partial charge is 0.481 e. The number of carboxylic acids is 1. The van der Waals surface area contributed by atoms with Crippen LogP contribution in [0.4, 0.5) is 0 Å². The summed E-state index contributed by atoms with van der Waals surface area (Å²) in [6, 6.07) is 3.50. The van der Waals surface area contributed by atoms with Crippen LogP contribution in [0.1, 0.15) is 30.8 Å². The second kappa shape index (κ2) is 7.78. The van der Waals surface area contributed by atoms with Gasteiger partial charge < -0.3 is 10.0 Å². The Labute approximate surface area is 117 Å². The van der Waals surface area contributed by atoms with Gasteiger partial charge in [-0.15, -0.1) is 11.8 Å². The zero-order valence-electron chi connectivity index (χ0n) is 11.1. The zero-order valence-corrected chi connectivity index (χ0v) is 11.9. The van der Waals surface area contributed by atoms with Crippen LogP contribution in [0.25, 0.3) is 0 Å². The molecule has 0 saturated heterocycles. The van der Waals surface area contributed by atoms with E-state index in [1.807, 2.05) is 13.8 Å². The Morgan fingerprint density at radius 1 is 1.37 bits per heavy atom. The van der Waals surface area contributed by atoms with Crippen molar-refractivity contribution in [1.82, 2.24) is 9.88 Å². The first kappa shape index (κ1) is 15.5. The number of aliphatic carboxylic acids is 1. The lowest BCUT2D eigenvalue weighted by atomic mass is 10.3. The minimum absolute atomic E-state index is 0.0920. The quantitative estimate of drug-likeness (QED) is 0.776. The number of carboxylic acid groups (broad SMARTS) is 1. The molecule has 1 aromatic heterocycles. The minimum Gasteiger partial charge on any atom is -0.481 e. The van der Waals surface area contributed by atoms with Crippen LogP contribution in [-0.2, 0) is 4.79 Å². The Balaban J connectivity index is 2.71. The summed E-state index contributed by atoms with van der Waals surface area (Å²) in [5, 5.41) is 8.58. The van der Waals surface area contributed by atoms with Gasteiger partial charge >= 0.3 is 5.97 Å². The van der Waals surface area contributed by atoms with Crippen molar-refractivity contribution >= 4 is 23.6 Å². The maximum absolute atomic E-state index is 12.1. The van der Waals surface area contributed by atoms with Crippen molar-refractivity contribution in [1.29, 1.82) is 0 Å². The molecule has 0 spiro atoms. The molecule has 0 bridgehead atoms. The highest BCUT2D eigenvalue weighted by Gasteiger charge is 2.14. The van der Waals surface area contributed by atoms with Crippen LogP contribution in [0, 0.1) is 0 Å². The number of pyridine rings is 1. The van der Waals surface area contributed by atoms with Crippen LogP contribution in [0.3, 0.4) is 0 Å². The summed E-state index contributed by atoms with van der Waals surface area (Å²) in [6.07, 6.45) is 1.69. The molecule has 0 unspecified atom stereocenters. The first-order chi connectivity index (χ1) is 9.08. The molecule has 6 heteroatoms. The fraction of sp³-hybridized carbons (Fsp3) is 0.462. The summed E-state index contributed by atoms with van der Waals surface area (Å²) in [6.45, 7) is 5.14. The van der Waals surface area contributed by atoms with Crippen molar-refractivity contribution in [3.05, 3.63) is 24.0 Å². The first-order valence-corrected chi connectivity index (χ1v) is 7.17. The molecule has 0 aromatic carbocycles. The van der Waals surface area contributed by atoms with Crippen molar-refractivity contribution in [2.75, 3.05) is 18.8 Å². The maximum Gasteiger partial charge on any atom is 0.304 e. The van der Waals surface area contributed by atoms with Gasteiger partial charge in [0.05, 0.1) is 6.42 Å². The normalized spacial score (nSPS) is 10.2. The van der Waals surface area contributed by atoms with Gasteiger partial charge in [-0.1, -0.05) is 0 Å². The molecule has 5 nitrogen and oxygen atoms in total. The van der Waals surface area contributed by atoms with Gasteiger partial charge in [0.2, 0.25) is 0 Å². The highest BCUT2D eigenvalue weighted by atomic mass is 32.2. The summed E-state index contributed by atoms with van der Waals surface area (Å²) in [4.78, 5) is 29.2. The van der Waals surface area contributed by atoms with Gasteiger partial charge in [-0.3, -0.25) is 14.6 Å². The third kappa shape index (κ3) is 4.90. The average molecular weight is 282 g/mol. The minimum atomic E-state index is -0.819. The van der Waals surface area contributed by atoms with E-state index in [0.29, 0.717) is 24.5 Å². The molecule has 1 aromatic rings. The number of thioether (sulfide) groups is 1. The predicted octanol–water partition coefficient (Wildman–Crippen LogP) is 2.13. The van der Waals surface area contributed by atoms with Crippen LogP contribution < -0.4 is 0 Å². The van der Waals surface area contributed by atoms with E-state index in [1.54, 1.807) is 23.2 Å². The van der Waals surface area contributed by atoms with E-state index in [1.165, 1.54) is 11.8 Å². The monoisotopic (exact) mass is 282 g/mol. The lowest BCUT2D eigenvalue weighted by molar-refractivity contribution is -0.136. The van der Waals surface area contributed by atoms with Gasteiger partial charge in [-0.05, 0) is 26.0 Å². The highest BCUT2D eigenvalue weighted by molar-refractivity contribution is 7.99. The molecule has 1 N–H and O–H groups in total. The fourth-order valence-electron chi connectivity index (χ4n) is 1.55. The number of hydrogen-bond acceptors (Lipinski definition) is 4. The summed E-state index contributed by atoms with van der Waals surface area (Å²) in [7, 11) is 0. The van der Waals surface area contributed by atoms with Gasteiger partial charge in [-0.2, -0.15) is 0 Å². The molecule has 0 aliphatic carbocycles. The zero-order chi connectivity index (χ0) is 14.3. The predicted molar refractivity (Wildman–Crippen MR) is 74.5 cm³/mol. The van der Waals surface area contributed by atoms with Gasteiger partial charge in [0, 0.05) is 29.9 Å². The summed E-state index contributed by atoms with van der Waals surface area (Å²) in [5.74, 6) is -0.426. The van der Waals surface area contributed by atoms with E-state index in [-0.39, 0.29) is 12.3 Å².